The minimum atomic E-state index is -0.270. The number of amides is 1. The van der Waals surface area contributed by atoms with Crippen molar-refractivity contribution in [2.45, 2.75) is 32.7 Å². The Balaban J connectivity index is 2.03. The Morgan fingerprint density at radius 3 is 2.76 bits per heavy atom. The van der Waals surface area contributed by atoms with Crippen LogP contribution in [0.25, 0.3) is 0 Å². The quantitative estimate of drug-likeness (QED) is 0.885. The van der Waals surface area contributed by atoms with Crippen LogP contribution in [0.2, 0.25) is 0 Å². The number of nitrogens with two attached hydrogens (primary N) is 1. The SMILES string of the molecule is Cc1ncsc1CN(C)C(=O)C1(CN)CCC1. The van der Waals surface area contributed by atoms with Crippen LogP contribution in [-0.4, -0.2) is 29.4 Å². The molecule has 94 valence electrons. The van der Waals surface area contributed by atoms with E-state index in [0.29, 0.717) is 13.1 Å². The van der Waals surface area contributed by atoms with Gasteiger partial charge in [0.25, 0.3) is 0 Å². The third-order valence-corrected chi connectivity index (χ3v) is 4.65. The second kappa shape index (κ2) is 4.74. The zero-order valence-electron chi connectivity index (χ0n) is 10.4. The molecular weight excluding hydrogens is 234 g/mol. The summed E-state index contributed by atoms with van der Waals surface area (Å²) in [6.45, 7) is 3.10. The van der Waals surface area contributed by atoms with Crippen molar-refractivity contribution < 1.29 is 4.79 Å². The number of nitrogens with zero attached hydrogens (tertiary/aromatic N) is 2. The molecule has 0 saturated heterocycles. The van der Waals surface area contributed by atoms with Crippen LogP contribution in [0.3, 0.4) is 0 Å². The Hall–Kier alpha value is -0.940. The molecule has 0 atom stereocenters. The van der Waals surface area contributed by atoms with Crippen LogP contribution in [0.5, 0.6) is 0 Å². The van der Waals surface area contributed by atoms with Crippen molar-refractivity contribution in [3.8, 4) is 0 Å². The van der Waals surface area contributed by atoms with Crippen LogP contribution in [0.15, 0.2) is 5.51 Å². The molecule has 1 aromatic rings. The summed E-state index contributed by atoms with van der Waals surface area (Å²) in [6, 6.07) is 0. The summed E-state index contributed by atoms with van der Waals surface area (Å²) < 4.78 is 0. The van der Waals surface area contributed by atoms with Gasteiger partial charge in [0, 0.05) is 18.5 Å². The number of carbonyl (C=O) groups excluding carboxylic acids is 1. The standard InChI is InChI=1S/C12H19N3OS/c1-9-10(17-8-14-9)6-15(2)11(16)12(7-13)4-3-5-12/h8H,3-7,13H2,1-2H3. The zero-order chi connectivity index (χ0) is 12.5. The third-order valence-electron chi connectivity index (χ3n) is 3.73. The molecule has 4 nitrogen and oxygen atoms in total. The lowest BCUT2D eigenvalue weighted by molar-refractivity contribution is -0.145. The molecule has 1 heterocycles. The Bertz CT molecular complexity index is 406. The van der Waals surface area contributed by atoms with Crippen LogP contribution in [-0.2, 0) is 11.3 Å². The van der Waals surface area contributed by atoms with E-state index >= 15 is 0 Å². The molecule has 0 spiro atoms. The summed E-state index contributed by atoms with van der Waals surface area (Å²) >= 11 is 1.60. The number of aromatic nitrogens is 1. The van der Waals surface area contributed by atoms with E-state index in [2.05, 4.69) is 4.98 Å². The molecule has 0 aromatic carbocycles. The fraction of sp³-hybridized carbons (Fsp3) is 0.667. The zero-order valence-corrected chi connectivity index (χ0v) is 11.2. The van der Waals surface area contributed by atoms with Crippen molar-refractivity contribution in [2.75, 3.05) is 13.6 Å². The highest BCUT2D eigenvalue weighted by atomic mass is 32.1. The fourth-order valence-corrected chi connectivity index (χ4v) is 3.11. The molecule has 1 amide bonds. The number of hydrogen-bond donors (Lipinski definition) is 1. The summed E-state index contributed by atoms with van der Waals surface area (Å²) in [6.07, 6.45) is 3.00. The molecule has 1 aliphatic rings. The third kappa shape index (κ3) is 2.21. The van der Waals surface area contributed by atoms with Gasteiger partial charge < -0.3 is 10.6 Å². The van der Waals surface area contributed by atoms with Gasteiger partial charge >= 0.3 is 0 Å². The number of thiazole rings is 1. The maximum atomic E-state index is 12.3. The second-order valence-electron chi connectivity index (χ2n) is 4.86. The molecular formula is C12H19N3OS. The summed E-state index contributed by atoms with van der Waals surface area (Å²) in [7, 11) is 1.86. The molecule has 2 rings (SSSR count). The average molecular weight is 253 g/mol. The molecule has 0 bridgehead atoms. The van der Waals surface area contributed by atoms with Gasteiger partial charge in [0.1, 0.15) is 0 Å². The average Bonchev–Trinajstić information content (AvgIpc) is 2.63. The van der Waals surface area contributed by atoms with E-state index in [0.717, 1.165) is 29.8 Å². The number of rotatable bonds is 4. The molecule has 2 N–H and O–H groups in total. The van der Waals surface area contributed by atoms with E-state index in [-0.39, 0.29) is 11.3 Å². The summed E-state index contributed by atoms with van der Waals surface area (Å²) in [5.41, 5.74) is 8.33. The summed E-state index contributed by atoms with van der Waals surface area (Å²) in [5.74, 6) is 0.194. The van der Waals surface area contributed by atoms with Crippen molar-refractivity contribution >= 4 is 17.2 Å². The van der Waals surface area contributed by atoms with Crippen molar-refractivity contribution in [1.29, 1.82) is 0 Å². The van der Waals surface area contributed by atoms with Crippen molar-refractivity contribution in [2.24, 2.45) is 11.1 Å². The predicted octanol–water partition coefficient (Wildman–Crippen LogP) is 1.54. The first kappa shape index (κ1) is 12.5. The van der Waals surface area contributed by atoms with Gasteiger partial charge in [-0.2, -0.15) is 0 Å². The molecule has 5 heteroatoms. The first-order valence-electron chi connectivity index (χ1n) is 5.94. The Morgan fingerprint density at radius 1 is 1.65 bits per heavy atom. The molecule has 17 heavy (non-hydrogen) atoms. The first-order chi connectivity index (χ1) is 8.09. The van der Waals surface area contributed by atoms with Crippen LogP contribution in [0.1, 0.15) is 29.8 Å². The molecule has 1 aromatic heterocycles. The molecule has 1 saturated carbocycles. The van der Waals surface area contributed by atoms with Crippen molar-refractivity contribution in [3.05, 3.63) is 16.1 Å². The maximum Gasteiger partial charge on any atom is 0.230 e. The maximum absolute atomic E-state index is 12.3. The van der Waals surface area contributed by atoms with E-state index in [1.807, 2.05) is 19.5 Å². The predicted molar refractivity (Wildman–Crippen MR) is 68.7 cm³/mol. The number of aryl methyl sites for hydroxylation is 1. The van der Waals surface area contributed by atoms with E-state index in [1.54, 1.807) is 16.2 Å². The van der Waals surface area contributed by atoms with Gasteiger partial charge in [-0.15, -0.1) is 11.3 Å². The highest BCUT2D eigenvalue weighted by Crippen LogP contribution is 2.41. The lowest BCUT2D eigenvalue weighted by Crippen LogP contribution is -2.50. The van der Waals surface area contributed by atoms with Crippen LogP contribution in [0.4, 0.5) is 0 Å². The van der Waals surface area contributed by atoms with Crippen LogP contribution >= 0.6 is 11.3 Å². The van der Waals surface area contributed by atoms with Gasteiger partial charge in [-0.25, -0.2) is 4.98 Å². The second-order valence-corrected chi connectivity index (χ2v) is 5.80. The largest absolute Gasteiger partial charge is 0.340 e. The highest BCUT2D eigenvalue weighted by Gasteiger charge is 2.44. The molecule has 1 fully saturated rings. The molecule has 0 radical (unpaired) electrons. The topological polar surface area (TPSA) is 59.2 Å². The lowest BCUT2D eigenvalue weighted by atomic mass is 9.68. The van der Waals surface area contributed by atoms with Crippen LogP contribution < -0.4 is 5.73 Å². The first-order valence-corrected chi connectivity index (χ1v) is 6.81. The van der Waals surface area contributed by atoms with E-state index in [1.165, 1.54) is 0 Å². The van der Waals surface area contributed by atoms with Gasteiger partial charge in [0.15, 0.2) is 0 Å². The van der Waals surface area contributed by atoms with Crippen molar-refractivity contribution in [3.63, 3.8) is 0 Å². The van der Waals surface area contributed by atoms with Crippen molar-refractivity contribution in [1.82, 2.24) is 9.88 Å². The van der Waals surface area contributed by atoms with Gasteiger partial charge in [0.2, 0.25) is 5.91 Å². The molecule has 0 unspecified atom stereocenters. The Kier molecular flexibility index (Phi) is 3.49. The molecule has 1 aliphatic carbocycles. The monoisotopic (exact) mass is 253 g/mol. The minimum absolute atomic E-state index is 0.194. The van der Waals surface area contributed by atoms with Gasteiger partial charge in [-0.05, 0) is 19.8 Å². The van der Waals surface area contributed by atoms with E-state index in [9.17, 15) is 4.79 Å². The number of carbonyl (C=O) groups is 1. The number of hydrogen-bond acceptors (Lipinski definition) is 4. The summed E-state index contributed by atoms with van der Waals surface area (Å²) in [4.78, 5) is 19.5. The summed E-state index contributed by atoms with van der Waals surface area (Å²) in [5, 5.41) is 0. The lowest BCUT2D eigenvalue weighted by Gasteiger charge is -2.41. The van der Waals surface area contributed by atoms with Crippen LogP contribution in [0, 0.1) is 12.3 Å². The smallest absolute Gasteiger partial charge is 0.230 e. The fourth-order valence-electron chi connectivity index (χ4n) is 2.28. The highest BCUT2D eigenvalue weighted by molar-refractivity contribution is 7.09. The van der Waals surface area contributed by atoms with Gasteiger partial charge in [0.05, 0.1) is 23.2 Å². The Morgan fingerprint density at radius 2 is 2.35 bits per heavy atom. The molecule has 0 aliphatic heterocycles. The van der Waals surface area contributed by atoms with Gasteiger partial charge in [-0.1, -0.05) is 6.42 Å². The van der Waals surface area contributed by atoms with E-state index < -0.39 is 0 Å². The minimum Gasteiger partial charge on any atom is -0.340 e. The Labute approximate surface area is 106 Å². The van der Waals surface area contributed by atoms with E-state index in [4.69, 9.17) is 5.73 Å². The normalized spacial score (nSPS) is 17.6. The van der Waals surface area contributed by atoms with Gasteiger partial charge in [-0.3, -0.25) is 4.79 Å².